The lowest BCUT2D eigenvalue weighted by molar-refractivity contribution is 0.487. The third-order valence-electron chi connectivity index (χ3n) is 3.34. The molecule has 0 radical (unpaired) electrons. The monoisotopic (exact) mass is 295 g/mol. The minimum absolute atomic E-state index is 0.0686. The van der Waals surface area contributed by atoms with Crippen LogP contribution in [0.4, 0.5) is 8.78 Å². The largest absolute Gasteiger partial charge is 0.306 e. The van der Waals surface area contributed by atoms with Gasteiger partial charge in [0.15, 0.2) is 0 Å². The minimum atomic E-state index is -0.530. The highest BCUT2D eigenvalue weighted by Gasteiger charge is 2.15. The van der Waals surface area contributed by atoms with E-state index >= 15 is 0 Å². The summed E-state index contributed by atoms with van der Waals surface area (Å²) in [5.74, 6) is -1.06. The Kier molecular flexibility index (Phi) is 4.73. The van der Waals surface area contributed by atoms with E-state index in [9.17, 15) is 8.78 Å². The Labute approximate surface area is 122 Å². The van der Waals surface area contributed by atoms with Crippen LogP contribution in [-0.2, 0) is 6.54 Å². The van der Waals surface area contributed by atoms with Gasteiger partial charge in [-0.3, -0.25) is 0 Å². The third-order valence-corrected chi connectivity index (χ3v) is 3.57. The number of nitrogens with one attached hydrogen (secondary N) is 1. The summed E-state index contributed by atoms with van der Waals surface area (Å²) in [6.07, 6.45) is 0. The molecule has 4 heteroatoms. The molecular formula is C16H16ClF2N. The molecule has 0 saturated carbocycles. The van der Waals surface area contributed by atoms with Crippen LogP contribution in [-0.4, -0.2) is 0 Å². The molecule has 0 aliphatic heterocycles. The first-order valence-electron chi connectivity index (χ1n) is 6.41. The summed E-state index contributed by atoms with van der Waals surface area (Å²) in [5, 5.41) is 3.81. The molecule has 1 atom stereocenters. The van der Waals surface area contributed by atoms with Crippen molar-refractivity contribution in [3.8, 4) is 0 Å². The zero-order valence-corrected chi connectivity index (χ0v) is 12.1. The van der Waals surface area contributed by atoms with Crippen LogP contribution in [0.15, 0.2) is 36.4 Å². The number of hydrogen-bond donors (Lipinski definition) is 1. The van der Waals surface area contributed by atoms with Gasteiger partial charge in [0, 0.05) is 23.2 Å². The molecule has 0 amide bonds. The quantitative estimate of drug-likeness (QED) is 0.856. The molecule has 2 aromatic rings. The topological polar surface area (TPSA) is 12.0 Å². The lowest BCUT2D eigenvalue weighted by atomic mass is 10.1. The van der Waals surface area contributed by atoms with E-state index in [1.165, 1.54) is 18.2 Å². The summed E-state index contributed by atoms with van der Waals surface area (Å²) in [5.41, 5.74) is 2.17. The van der Waals surface area contributed by atoms with Crippen LogP contribution in [0.2, 0.25) is 5.02 Å². The van der Waals surface area contributed by atoms with Crippen molar-refractivity contribution in [1.82, 2.24) is 5.32 Å². The van der Waals surface area contributed by atoms with E-state index < -0.39 is 17.7 Å². The highest BCUT2D eigenvalue weighted by Crippen LogP contribution is 2.21. The summed E-state index contributed by atoms with van der Waals surface area (Å²) >= 11 is 5.90. The smallest absolute Gasteiger partial charge is 0.130 e. The number of halogens is 3. The SMILES string of the molecule is Cc1cc(Cl)ccc1CNC(C)c1c(F)cccc1F. The van der Waals surface area contributed by atoms with E-state index in [1.807, 2.05) is 19.1 Å². The minimum Gasteiger partial charge on any atom is -0.306 e. The van der Waals surface area contributed by atoms with Crippen LogP contribution in [0.1, 0.15) is 29.7 Å². The van der Waals surface area contributed by atoms with Crippen LogP contribution in [0.25, 0.3) is 0 Å². The molecule has 0 aliphatic carbocycles. The van der Waals surface area contributed by atoms with Crippen LogP contribution in [0, 0.1) is 18.6 Å². The molecule has 0 aliphatic rings. The van der Waals surface area contributed by atoms with Crippen molar-refractivity contribution in [2.75, 3.05) is 0 Å². The van der Waals surface area contributed by atoms with Gasteiger partial charge in [-0.15, -0.1) is 0 Å². The molecule has 0 saturated heterocycles. The van der Waals surface area contributed by atoms with Crippen LogP contribution >= 0.6 is 11.6 Å². The number of aryl methyl sites for hydroxylation is 1. The Morgan fingerprint density at radius 3 is 2.40 bits per heavy atom. The zero-order chi connectivity index (χ0) is 14.7. The average Bonchev–Trinajstić information content (AvgIpc) is 2.37. The van der Waals surface area contributed by atoms with Crippen LogP contribution in [0.5, 0.6) is 0 Å². The van der Waals surface area contributed by atoms with Crippen molar-refractivity contribution in [3.05, 3.63) is 69.7 Å². The summed E-state index contributed by atoms with van der Waals surface area (Å²) < 4.78 is 27.3. The van der Waals surface area contributed by atoms with E-state index in [0.717, 1.165) is 11.1 Å². The van der Waals surface area contributed by atoms with E-state index in [-0.39, 0.29) is 5.56 Å². The Bertz CT molecular complexity index is 593. The lowest BCUT2D eigenvalue weighted by Gasteiger charge is -2.17. The second-order valence-electron chi connectivity index (χ2n) is 4.81. The van der Waals surface area contributed by atoms with Gasteiger partial charge < -0.3 is 5.32 Å². The molecule has 2 rings (SSSR count). The molecule has 1 unspecified atom stereocenters. The average molecular weight is 296 g/mol. The van der Waals surface area contributed by atoms with E-state index in [0.29, 0.717) is 11.6 Å². The molecule has 106 valence electrons. The molecule has 1 nitrogen and oxygen atoms in total. The van der Waals surface area contributed by atoms with Gasteiger partial charge in [0.2, 0.25) is 0 Å². The zero-order valence-electron chi connectivity index (χ0n) is 11.4. The van der Waals surface area contributed by atoms with Crippen molar-refractivity contribution in [2.24, 2.45) is 0 Å². The first-order valence-corrected chi connectivity index (χ1v) is 6.79. The molecule has 20 heavy (non-hydrogen) atoms. The van der Waals surface area contributed by atoms with Crippen LogP contribution < -0.4 is 5.32 Å². The second kappa shape index (κ2) is 6.33. The highest BCUT2D eigenvalue weighted by atomic mass is 35.5. The van der Waals surface area contributed by atoms with Gasteiger partial charge >= 0.3 is 0 Å². The molecular weight excluding hydrogens is 280 g/mol. The van der Waals surface area contributed by atoms with Crippen molar-refractivity contribution < 1.29 is 8.78 Å². The normalized spacial score (nSPS) is 12.4. The maximum Gasteiger partial charge on any atom is 0.130 e. The molecule has 0 bridgehead atoms. The highest BCUT2D eigenvalue weighted by molar-refractivity contribution is 6.30. The standard InChI is InChI=1S/C16H16ClF2N/c1-10-8-13(17)7-6-12(10)9-20-11(2)16-14(18)4-3-5-15(16)19/h3-8,11,20H,9H2,1-2H3. The van der Waals surface area contributed by atoms with E-state index in [2.05, 4.69) is 5.32 Å². The maximum atomic E-state index is 13.7. The van der Waals surface area contributed by atoms with Gasteiger partial charge in [-0.25, -0.2) is 8.78 Å². The van der Waals surface area contributed by atoms with Crippen molar-refractivity contribution >= 4 is 11.6 Å². The number of hydrogen-bond acceptors (Lipinski definition) is 1. The lowest BCUT2D eigenvalue weighted by Crippen LogP contribution is -2.20. The van der Waals surface area contributed by atoms with Gasteiger partial charge in [-0.05, 0) is 49.2 Å². The van der Waals surface area contributed by atoms with Gasteiger partial charge in [-0.1, -0.05) is 23.7 Å². The second-order valence-corrected chi connectivity index (χ2v) is 5.25. The predicted molar refractivity (Wildman–Crippen MR) is 77.8 cm³/mol. The first kappa shape index (κ1) is 14.9. The predicted octanol–water partition coefficient (Wildman–Crippen LogP) is 4.78. The maximum absolute atomic E-state index is 13.7. The Hall–Kier alpha value is -1.45. The summed E-state index contributed by atoms with van der Waals surface area (Å²) in [7, 11) is 0. The van der Waals surface area contributed by atoms with Crippen molar-refractivity contribution in [2.45, 2.75) is 26.4 Å². The Balaban J connectivity index is 2.11. The van der Waals surface area contributed by atoms with Crippen molar-refractivity contribution in [1.29, 1.82) is 0 Å². The summed E-state index contributed by atoms with van der Waals surface area (Å²) in [6, 6.07) is 9.08. The van der Waals surface area contributed by atoms with Gasteiger partial charge in [0.25, 0.3) is 0 Å². The third kappa shape index (κ3) is 3.35. The fourth-order valence-electron chi connectivity index (χ4n) is 2.15. The van der Waals surface area contributed by atoms with Crippen LogP contribution in [0.3, 0.4) is 0 Å². The molecule has 0 aromatic heterocycles. The first-order chi connectivity index (χ1) is 9.49. The molecule has 2 aromatic carbocycles. The summed E-state index contributed by atoms with van der Waals surface area (Å²) in [6.45, 7) is 4.22. The van der Waals surface area contributed by atoms with E-state index in [4.69, 9.17) is 11.6 Å². The van der Waals surface area contributed by atoms with Gasteiger partial charge in [-0.2, -0.15) is 0 Å². The molecule has 0 fully saturated rings. The molecule has 0 spiro atoms. The van der Waals surface area contributed by atoms with E-state index in [1.54, 1.807) is 13.0 Å². The van der Waals surface area contributed by atoms with Gasteiger partial charge in [0.1, 0.15) is 11.6 Å². The Morgan fingerprint density at radius 2 is 1.80 bits per heavy atom. The number of benzene rings is 2. The summed E-state index contributed by atoms with van der Waals surface area (Å²) in [4.78, 5) is 0. The van der Waals surface area contributed by atoms with Crippen molar-refractivity contribution in [3.63, 3.8) is 0 Å². The molecule has 1 N–H and O–H groups in total. The fraction of sp³-hybridized carbons (Fsp3) is 0.250. The number of rotatable bonds is 4. The fourth-order valence-corrected chi connectivity index (χ4v) is 2.37. The Morgan fingerprint density at radius 1 is 1.15 bits per heavy atom. The molecule has 0 heterocycles. The van der Waals surface area contributed by atoms with Gasteiger partial charge in [0.05, 0.1) is 0 Å².